The first-order chi connectivity index (χ1) is 14.8. The van der Waals surface area contributed by atoms with E-state index in [9.17, 15) is 0 Å². The van der Waals surface area contributed by atoms with Crippen LogP contribution in [-0.2, 0) is 0 Å². The van der Waals surface area contributed by atoms with E-state index in [2.05, 4.69) is 27.9 Å². The molecule has 8 unspecified atom stereocenters. The monoisotopic (exact) mass is 409 g/mol. The molecule has 1 aromatic heterocycles. The van der Waals surface area contributed by atoms with E-state index in [1.54, 1.807) is 0 Å². The Morgan fingerprint density at radius 1 is 0.733 bits per heavy atom. The van der Waals surface area contributed by atoms with E-state index in [1.165, 1.54) is 89.9 Å². The van der Waals surface area contributed by atoms with E-state index in [1.807, 2.05) is 0 Å². The van der Waals surface area contributed by atoms with Gasteiger partial charge in [-0.15, -0.1) is 10.2 Å². The van der Waals surface area contributed by atoms with Crippen LogP contribution in [0.4, 0.5) is 0 Å². The van der Waals surface area contributed by atoms with Crippen molar-refractivity contribution in [3.8, 4) is 0 Å². The molecule has 5 aliphatic rings. The summed E-state index contributed by atoms with van der Waals surface area (Å²) in [6, 6.07) is 1.45. The quantitative estimate of drug-likeness (QED) is 0.578. The number of hydrogen-bond acceptors (Lipinski definition) is 4. The third kappa shape index (κ3) is 3.15. The van der Waals surface area contributed by atoms with Gasteiger partial charge in [0.25, 0.3) is 0 Å². The first kappa shape index (κ1) is 19.4. The van der Waals surface area contributed by atoms with Crippen LogP contribution in [0.5, 0.6) is 0 Å². The molecule has 4 aliphatic carbocycles. The summed E-state index contributed by atoms with van der Waals surface area (Å²) in [6.45, 7) is 4.18. The Morgan fingerprint density at radius 3 is 2.37 bits per heavy atom. The van der Waals surface area contributed by atoms with Gasteiger partial charge in [-0.05, 0) is 74.8 Å². The van der Waals surface area contributed by atoms with Crippen LogP contribution < -0.4 is 0 Å². The predicted octanol–water partition coefficient (Wildman–Crippen LogP) is 6.41. The summed E-state index contributed by atoms with van der Waals surface area (Å²) in [6.07, 6.45) is 21.1. The molecule has 6 rings (SSSR count). The molecular formula is C26H39N3O. The van der Waals surface area contributed by atoms with Crippen molar-refractivity contribution >= 4 is 0 Å². The van der Waals surface area contributed by atoms with Crippen LogP contribution in [0.2, 0.25) is 0 Å². The van der Waals surface area contributed by atoms with E-state index >= 15 is 0 Å². The molecule has 8 atom stereocenters. The van der Waals surface area contributed by atoms with Gasteiger partial charge in [-0.1, -0.05) is 51.5 Å². The standard InChI is InChI=1S/C26H39N3O/c1-2-29-23-13-6-5-11-20(23)22-16-18(14-15-24(22)29)25-27-28-26(30-25)21-12-7-9-17-8-3-4-10-19(17)21/h2,17-24H,1,3-16H2. The van der Waals surface area contributed by atoms with Gasteiger partial charge in [0, 0.05) is 23.9 Å². The van der Waals surface area contributed by atoms with Crippen LogP contribution in [-0.4, -0.2) is 27.2 Å². The Hall–Kier alpha value is -1.32. The zero-order valence-corrected chi connectivity index (χ0v) is 18.6. The molecule has 0 N–H and O–H groups in total. The van der Waals surface area contributed by atoms with Crippen LogP contribution in [0.15, 0.2) is 17.2 Å². The molecule has 1 aromatic rings. The summed E-state index contributed by atoms with van der Waals surface area (Å²) in [4.78, 5) is 2.65. The minimum Gasteiger partial charge on any atom is -0.425 e. The summed E-state index contributed by atoms with van der Waals surface area (Å²) >= 11 is 0. The molecule has 4 nitrogen and oxygen atoms in total. The molecule has 5 fully saturated rings. The highest BCUT2D eigenvalue weighted by molar-refractivity contribution is 5.10. The molecule has 0 amide bonds. The predicted molar refractivity (Wildman–Crippen MR) is 118 cm³/mol. The molecule has 1 aliphatic heterocycles. The summed E-state index contributed by atoms with van der Waals surface area (Å²) < 4.78 is 6.49. The Balaban J connectivity index is 1.19. The highest BCUT2D eigenvalue weighted by Crippen LogP contribution is 2.53. The maximum absolute atomic E-state index is 6.49. The first-order valence-electron chi connectivity index (χ1n) is 13.1. The van der Waals surface area contributed by atoms with E-state index in [0.717, 1.165) is 41.5 Å². The zero-order chi connectivity index (χ0) is 20.1. The Morgan fingerprint density at radius 2 is 1.47 bits per heavy atom. The van der Waals surface area contributed by atoms with Gasteiger partial charge in [0.1, 0.15) is 0 Å². The fourth-order valence-corrected chi connectivity index (χ4v) is 8.58. The van der Waals surface area contributed by atoms with Crippen molar-refractivity contribution in [2.75, 3.05) is 0 Å². The lowest BCUT2D eigenvalue weighted by Crippen LogP contribution is -2.36. The molecule has 1 saturated heterocycles. The van der Waals surface area contributed by atoms with Crippen molar-refractivity contribution < 1.29 is 4.42 Å². The van der Waals surface area contributed by atoms with E-state index in [4.69, 9.17) is 4.42 Å². The lowest BCUT2D eigenvalue weighted by molar-refractivity contribution is 0.126. The van der Waals surface area contributed by atoms with Gasteiger partial charge in [0.15, 0.2) is 0 Å². The fourth-order valence-electron chi connectivity index (χ4n) is 8.58. The number of aromatic nitrogens is 2. The average molecular weight is 410 g/mol. The molecule has 4 heteroatoms. The second kappa shape index (κ2) is 7.98. The fraction of sp³-hybridized carbons (Fsp3) is 0.846. The minimum atomic E-state index is 0.477. The molecule has 0 aromatic carbocycles. The molecule has 0 bridgehead atoms. The highest BCUT2D eigenvalue weighted by atomic mass is 16.4. The van der Waals surface area contributed by atoms with Crippen molar-refractivity contribution in [2.24, 2.45) is 23.7 Å². The Bertz CT molecular complexity index is 757. The van der Waals surface area contributed by atoms with Crippen LogP contribution >= 0.6 is 0 Å². The molecule has 164 valence electrons. The highest BCUT2D eigenvalue weighted by Gasteiger charge is 2.51. The van der Waals surface area contributed by atoms with Gasteiger partial charge < -0.3 is 9.32 Å². The molecule has 4 saturated carbocycles. The number of fused-ring (bicyclic) bond motifs is 4. The second-order valence-corrected chi connectivity index (χ2v) is 11.1. The smallest absolute Gasteiger partial charge is 0.219 e. The van der Waals surface area contributed by atoms with Crippen molar-refractivity contribution in [3.63, 3.8) is 0 Å². The molecular weight excluding hydrogens is 370 g/mol. The number of rotatable bonds is 3. The molecule has 30 heavy (non-hydrogen) atoms. The van der Waals surface area contributed by atoms with Gasteiger partial charge in [-0.3, -0.25) is 0 Å². The maximum Gasteiger partial charge on any atom is 0.219 e. The third-order valence-electron chi connectivity index (χ3n) is 9.87. The van der Waals surface area contributed by atoms with E-state index in [-0.39, 0.29) is 0 Å². The van der Waals surface area contributed by atoms with Crippen molar-refractivity contribution in [3.05, 3.63) is 24.6 Å². The van der Waals surface area contributed by atoms with Crippen molar-refractivity contribution in [1.29, 1.82) is 0 Å². The van der Waals surface area contributed by atoms with Crippen LogP contribution in [0, 0.1) is 23.7 Å². The third-order valence-corrected chi connectivity index (χ3v) is 9.87. The lowest BCUT2D eigenvalue weighted by atomic mass is 9.65. The maximum atomic E-state index is 6.49. The number of nitrogens with zero attached hydrogens (tertiary/aromatic N) is 3. The van der Waals surface area contributed by atoms with Crippen LogP contribution in [0.3, 0.4) is 0 Å². The van der Waals surface area contributed by atoms with E-state index < -0.39 is 0 Å². The van der Waals surface area contributed by atoms with Gasteiger partial charge in [0.05, 0.1) is 0 Å². The average Bonchev–Trinajstić information content (AvgIpc) is 3.41. The zero-order valence-electron chi connectivity index (χ0n) is 18.6. The summed E-state index contributed by atoms with van der Waals surface area (Å²) in [5, 5.41) is 9.32. The van der Waals surface area contributed by atoms with Gasteiger partial charge in [0.2, 0.25) is 11.8 Å². The Kier molecular flexibility index (Phi) is 5.15. The van der Waals surface area contributed by atoms with E-state index in [0.29, 0.717) is 17.9 Å². The normalized spacial score (nSPS) is 43.5. The van der Waals surface area contributed by atoms with Gasteiger partial charge in [-0.2, -0.15) is 0 Å². The van der Waals surface area contributed by atoms with Crippen LogP contribution in [0.25, 0.3) is 0 Å². The Labute approximate surface area is 181 Å². The van der Waals surface area contributed by atoms with Gasteiger partial charge in [-0.25, -0.2) is 0 Å². The molecule has 0 radical (unpaired) electrons. The van der Waals surface area contributed by atoms with Gasteiger partial charge >= 0.3 is 0 Å². The summed E-state index contributed by atoms with van der Waals surface area (Å²) in [7, 11) is 0. The topological polar surface area (TPSA) is 42.2 Å². The van der Waals surface area contributed by atoms with Crippen molar-refractivity contribution in [1.82, 2.24) is 15.1 Å². The first-order valence-corrected chi connectivity index (χ1v) is 13.1. The summed E-state index contributed by atoms with van der Waals surface area (Å²) in [5.41, 5.74) is 0. The molecule has 0 spiro atoms. The SMILES string of the molecule is C=CN1C2CCCCC2C2CC(c3nnc(C4CCCC5CCCCC54)o3)CCC21. The minimum absolute atomic E-state index is 0.477. The second-order valence-electron chi connectivity index (χ2n) is 11.1. The summed E-state index contributed by atoms with van der Waals surface area (Å²) in [5.74, 6) is 6.32. The van der Waals surface area contributed by atoms with Crippen LogP contribution in [0.1, 0.15) is 114 Å². The number of hydrogen-bond donors (Lipinski definition) is 0. The molecule has 2 heterocycles. The van der Waals surface area contributed by atoms with Crippen molar-refractivity contribution in [2.45, 2.75) is 114 Å². The largest absolute Gasteiger partial charge is 0.425 e. The lowest BCUT2D eigenvalue weighted by Gasteiger charge is -2.39. The number of likely N-dealkylation sites (tertiary alicyclic amines) is 1.